The van der Waals surface area contributed by atoms with E-state index in [0.717, 1.165) is 93.7 Å². The van der Waals surface area contributed by atoms with Gasteiger partial charge in [0.15, 0.2) is 0 Å². The van der Waals surface area contributed by atoms with E-state index in [1.807, 2.05) is 96.1 Å². The number of phosphoric ester groups is 4. The van der Waals surface area contributed by atoms with E-state index in [1.165, 1.54) is 24.3 Å². The molecule has 0 aliphatic rings. The summed E-state index contributed by atoms with van der Waals surface area (Å²) in [7, 11) is -15.7. The molecule has 7 rings (SSSR count). The van der Waals surface area contributed by atoms with Gasteiger partial charge in [-0.25, -0.2) is 18.7 Å². The molecule has 0 aliphatic heterocycles. The maximum absolute atomic E-state index is 13.3. The molecule has 0 atom stereocenters. The van der Waals surface area contributed by atoms with Gasteiger partial charge in [0.05, 0.1) is 50.8 Å². The maximum atomic E-state index is 13.3. The van der Waals surface area contributed by atoms with Crippen LogP contribution in [0.25, 0.3) is 0 Å². The molecule has 0 aliphatic carbocycles. The Hall–Kier alpha value is -7.16. The molecule has 550 valence electrons. The van der Waals surface area contributed by atoms with Crippen molar-refractivity contribution < 1.29 is 107 Å². The largest absolute Gasteiger partial charge is 0.647 e. The lowest BCUT2D eigenvalue weighted by Gasteiger charge is -2.33. The lowest BCUT2D eigenvalue weighted by Crippen LogP contribution is -2.44. The van der Waals surface area contributed by atoms with E-state index in [-0.39, 0.29) is 11.1 Å². The summed E-state index contributed by atoms with van der Waals surface area (Å²) in [5, 5.41) is 17.1. The van der Waals surface area contributed by atoms with Crippen molar-refractivity contribution in [3.63, 3.8) is 0 Å². The Morgan fingerprint density at radius 1 is 0.320 bits per heavy atom. The van der Waals surface area contributed by atoms with Crippen molar-refractivity contribution in [2.24, 2.45) is 0 Å². The first-order valence-electron chi connectivity index (χ1n) is 33.3. The van der Waals surface area contributed by atoms with Gasteiger partial charge in [-0.2, -0.15) is 9.13 Å². The SMILES string of the molecule is CCCCOC(COP(=O)(O)O)(OCCCC)OCCCC.CCCCOP(=O)(OCCCC)OCCCC.Cc1ccc(OP(=O)(Oc2ccc(C)cc2)Oc2ccc(C)cc2)cc1.O=C(O)c1ccccc1C(=O)O.O=P(Oc1ccccc1)(Oc1ccccc1)Oc1ccccc1. The minimum Gasteiger partial charge on any atom is -0.478 e. The number of carboxylic acid groups (broad SMARTS) is 2. The normalized spacial score (nSPS) is 11.3. The van der Waals surface area contributed by atoms with Gasteiger partial charge in [0, 0.05) is 0 Å². The van der Waals surface area contributed by atoms with Gasteiger partial charge in [-0.15, -0.1) is 0 Å². The summed E-state index contributed by atoms with van der Waals surface area (Å²) in [5.74, 6) is -1.55. The van der Waals surface area contributed by atoms with Crippen molar-refractivity contribution >= 4 is 43.2 Å². The molecule has 0 heterocycles. The highest BCUT2D eigenvalue weighted by Crippen LogP contribution is 2.52. The predicted molar refractivity (Wildman–Crippen MR) is 386 cm³/mol. The third-order valence-corrected chi connectivity index (χ3v) is 17.7. The number of carboxylic acids is 2. The number of hydrogen-bond acceptors (Lipinski definition) is 19. The number of rotatable bonds is 41. The predicted octanol–water partition coefficient (Wildman–Crippen LogP) is 20.4. The lowest BCUT2D eigenvalue weighted by atomic mass is 10.1. The highest BCUT2D eigenvalue weighted by molar-refractivity contribution is 7.50. The topological polar surface area (TPSA) is 303 Å². The average Bonchev–Trinajstić information content (AvgIpc) is 0.841. The molecule has 0 radical (unpaired) electrons. The number of phosphoric acid groups is 4. The van der Waals surface area contributed by atoms with Crippen molar-refractivity contribution in [3.8, 4) is 34.5 Å². The van der Waals surface area contributed by atoms with Crippen molar-refractivity contribution in [1.82, 2.24) is 0 Å². The van der Waals surface area contributed by atoms with Crippen LogP contribution in [0.2, 0.25) is 0 Å². The van der Waals surface area contributed by atoms with Crippen molar-refractivity contribution in [1.29, 1.82) is 0 Å². The van der Waals surface area contributed by atoms with Gasteiger partial charge in [-0.1, -0.05) is 200 Å². The van der Waals surface area contributed by atoms with Gasteiger partial charge in [-0.05, 0) is 144 Å². The molecule has 100 heavy (non-hydrogen) atoms. The number of unbranched alkanes of at least 4 members (excludes halogenated alkanes) is 6. The highest BCUT2D eigenvalue weighted by atomic mass is 31.2. The number of carbonyl (C=O) groups is 2. The average molecular weight is 1470 g/mol. The van der Waals surface area contributed by atoms with Crippen LogP contribution in [0.4, 0.5) is 0 Å². The van der Waals surface area contributed by atoms with Crippen LogP contribution in [0.15, 0.2) is 188 Å². The summed E-state index contributed by atoms with van der Waals surface area (Å²) >= 11 is 0. The summed E-state index contributed by atoms with van der Waals surface area (Å²) in [4.78, 5) is 38.8. The second-order valence-electron chi connectivity index (χ2n) is 22.0. The first kappa shape index (κ1) is 87.1. The molecule has 4 N–H and O–H groups in total. The number of benzene rings is 7. The fourth-order valence-electron chi connectivity index (χ4n) is 7.59. The van der Waals surface area contributed by atoms with Gasteiger partial charge >= 0.3 is 49.2 Å². The van der Waals surface area contributed by atoms with Crippen LogP contribution in [0, 0.1) is 20.8 Å². The Morgan fingerprint density at radius 2 is 0.550 bits per heavy atom. The molecule has 7 aromatic rings. The van der Waals surface area contributed by atoms with Crippen molar-refractivity contribution in [3.05, 3.63) is 216 Å². The van der Waals surface area contributed by atoms with E-state index < -0.39 is 55.8 Å². The van der Waals surface area contributed by atoms with Crippen LogP contribution < -0.4 is 27.1 Å². The van der Waals surface area contributed by atoms with E-state index in [2.05, 4.69) is 25.3 Å². The van der Waals surface area contributed by atoms with E-state index in [4.69, 9.17) is 74.9 Å². The fourth-order valence-corrected chi connectivity index (χ4v) is 11.7. The van der Waals surface area contributed by atoms with E-state index in [1.54, 1.807) is 109 Å². The van der Waals surface area contributed by atoms with Crippen LogP contribution in [0.3, 0.4) is 0 Å². The molecule has 7 aromatic carbocycles. The zero-order valence-corrected chi connectivity index (χ0v) is 62.2. The molecular weight excluding hydrogens is 1370 g/mol. The third-order valence-electron chi connectivity index (χ3n) is 13.1. The summed E-state index contributed by atoms with van der Waals surface area (Å²) in [5.41, 5.74) is 2.85. The van der Waals surface area contributed by atoms with Crippen LogP contribution in [0.1, 0.15) is 156 Å². The molecule has 0 fully saturated rings. The Balaban J connectivity index is 0.000000332. The summed E-state index contributed by atoms with van der Waals surface area (Å²) < 4.78 is 120. The van der Waals surface area contributed by atoms with Gasteiger partial charge < -0.3 is 61.4 Å². The molecule has 0 saturated heterocycles. The van der Waals surface area contributed by atoms with Crippen LogP contribution in [-0.4, -0.2) is 84.2 Å². The molecule has 0 saturated carbocycles. The highest BCUT2D eigenvalue weighted by Gasteiger charge is 2.38. The van der Waals surface area contributed by atoms with Gasteiger partial charge in [-0.3, -0.25) is 18.1 Å². The smallest absolute Gasteiger partial charge is 0.478 e. The monoisotopic (exact) mass is 1470 g/mol. The van der Waals surface area contributed by atoms with E-state index in [9.17, 15) is 27.8 Å². The summed E-state index contributed by atoms with van der Waals surface area (Å²) in [6.45, 7) is 20.1. The molecule has 27 heteroatoms. The maximum Gasteiger partial charge on any atom is 0.647 e. The lowest BCUT2D eigenvalue weighted by molar-refractivity contribution is -0.390. The molecule has 0 unspecified atom stereocenters. The second-order valence-corrected chi connectivity index (χ2v) is 27.8. The summed E-state index contributed by atoms with van der Waals surface area (Å²) in [6, 6.07) is 53.5. The fraction of sp³-hybridized carbons (Fsp3) is 0.397. The first-order valence-corrected chi connectivity index (χ1v) is 39.2. The molecule has 0 bridgehead atoms. The Labute approximate surface area is 589 Å². The Morgan fingerprint density at radius 3 is 0.780 bits per heavy atom. The number of ether oxygens (including phenoxy) is 3. The van der Waals surface area contributed by atoms with E-state index >= 15 is 0 Å². The molecule has 0 aromatic heterocycles. The third kappa shape index (κ3) is 38.0. The van der Waals surface area contributed by atoms with Gasteiger partial charge in [0.25, 0.3) is 0 Å². The molecule has 0 amide bonds. The number of aryl methyl sites for hydroxylation is 3. The zero-order valence-electron chi connectivity index (χ0n) is 58.7. The van der Waals surface area contributed by atoms with Gasteiger partial charge in [0.1, 0.15) is 41.1 Å². The number of aromatic carboxylic acids is 2. The standard InChI is InChI=1S/C21H21O4P.C18H15O4P.C14H31O7P.C12H27O4P.C8H6O4/c1-16-4-10-19(11-5-16)23-26(22,24-20-12-6-17(2)7-13-20)25-21-14-8-18(3)9-15-21;19-23(20-16-10-4-1-5-11-16,21-17-12-6-2-7-13-17)22-18-14-8-3-9-15-18;1-4-7-10-18-14(19-11-8-5-2,20-12-9-6-3)13-21-22(15,16)17;1-4-7-10-14-17(13,15-11-8-5-2)16-12-9-6-3;9-7(10)5-3-1-2-4-6(5)8(11)12/h4-15H,1-3H3;1-15H;4-13H2,1-3H3,(H2,15,16,17);4-12H2,1-3H3;1-4H,(H,9,10)(H,11,12). The number of para-hydroxylation sites is 3. The summed E-state index contributed by atoms with van der Waals surface area (Å²) in [6.07, 6.45) is 10.8. The molecular formula is C73H100O23P4. The Kier molecular flexibility index (Phi) is 42.3. The number of hydrogen-bond donors (Lipinski definition) is 4. The zero-order chi connectivity index (χ0) is 73.6. The van der Waals surface area contributed by atoms with Crippen LogP contribution in [-0.2, 0) is 50.6 Å². The minimum atomic E-state index is -4.62. The van der Waals surface area contributed by atoms with Gasteiger partial charge in [0.2, 0.25) is 0 Å². The quantitative estimate of drug-likeness (QED) is 0.0157. The molecule has 23 nitrogen and oxygen atoms in total. The van der Waals surface area contributed by atoms with Crippen molar-refractivity contribution in [2.75, 3.05) is 46.2 Å². The Bertz CT molecular complexity index is 3200. The minimum absolute atomic E-state index is 0.190. The van der Waals surface area contributed by atoms with Crippen LogP contribution >= 0.6 is 31.3 Å². The van der Waals surface area contributed by atoms with Crippen LogP contribution in [0.5, 0.6) is 34.5 Å². The first-order chi connectivity index (χ1) is 47.8. The van der Waals surface area contributed by atoms with E-state index in [0.29, 0.717) is 74.1 Å². The molecule has 0 spiro atoms. The second kappa shape index (κ2) is 48.6. The van der Waals surface area contributed by atoms with Crippen molar-refractivity contribution in [2.45, 2.75) is 145 Å².